The van der Waals surface area contributed by atoms with E-state index >= 15 is 0 Å². The molecule has 0 saturated heterocycles. The average Bonchev–Trinajstić information content (AvgIpc) is 2.49. The third kappa shape index (κ3) is 6.66. The molecule has 0 spiro atoms. The van der Waals surface area contributed by atoms with Crippen LogP contribution in [0.2, 0.25) is 0 Å². The lowest BCUT2D eigenvalue weighted by atomic mass is 10.1. The van der Waals surface area contributed by atoms with E-state index in [1.165, 1.54) is 19.2 Å². The van der Waals surface area contributed by atoms with Crippen LogP contribution in [0.3, 0.4) is 0 Å². The lowest BCUT2D eigenvalue weighted by molar-refractivity contribution is 0.0336. The van der Waals surface area contributed by atoms with Crippen molar-refractivity contribution in [3.05, 3.63) is 35.1 Å². The van der Waals surface area contributed by atoms with Gasteiger partial charge in [-0.25, -0.2) is 9.18 Å². The van der Waals surface area contributed by atoms with Crippen molar-refractivity contribution < 1.29 is 28.1 Å². The normalized spacial score (nSPS) is 10.6. The van der Waals surface area contributed by atoms with Gasteiger partial charge >= 0.3 is 5.97 Å². The van der Waals surface area contributed by atoms with E-state index in [9.17, 15) is 9.18 Å². The van der Waals surface area contributed by atoms with Crippen LogP contribution in [-0.2, 0) is 25.6 Å². The molecule has 0 aliphatic carbocycles. The Morgan fingerprint density at radius 3 is 2.52 bits per heavy atom. The molecule has 1 aromatic carbocycles. The van der Waals surface area contributed by atoms with Crippen molar-refractivity contribution in [2.45, 2.75) is 13.0 Å². The largest absolute Gasteiger partial charge is 0.465 e. The van der Waals surface area contributed by atoms with Crippen LogP contribution in [0.1, 0.15) is 22.3 Å². The molecule has 1 rings (SSSR count). The molecule has 21 heavy (non-hydrogen) atoms. The Morgan fingerprint density at radius 1 is 1.10 bits per heavy atom. The second-order valence-corrected chi connectivity index (χ2v) is 4.32. The van der Waals surface area contributed by atoms with Crippen molar-refractivity contribution in [3.8, 4) is 0 Å². The summed E-state index contributed by atoms with van der Waals surface area (Å²) in [6, 6.07) is 4.29. The van der Waals surface area contributed by atoms with Gasteiger partial charge < -0.3 is 18.9 Å². The molecular formula is C15H21FO5. The zero-order valence-electron chi connectivity index (χ0n) is 12.4. The Hall–Kier alpha value is -1.50. The van der Waals surface area contributed by atoms with E-state index in [4.69, 9.17) is 14.2 Å². The SMILES string of the molecule is COCCCOCCOCc1ccc(C(=O)OC)c(F)c1. The van der Waals surface area contributed by atoms with Gasteiger partial charge in [0.1, 0.15) is 5.82 Å². The molecule has 118 valence electrons. The molecule has 0 N–H and O–H groups in total. The molecular weight excluding hydrogens is 279 g/mol. The maximum absolute atomic E-state index is 13.6. The molecule has 0 heterocycles. The molecule has 0 atom stereocenters. The van der Waals surface area contributed by atoms with E-state index in [2.05, 4.69) is 4.74 Å². The number of hydrogen-bond acceptors (Lipinski definition) is 5. The van der Waals surface area contributed by atoms with Crippen molar-refractivity contribution in [3.63, 3.8) is 0 Å². The molecule has 0 fully saturated rings. The quantitative estimate of drug-likeness (QED) is 0.490. The van der Waals surface area contributed by atoms with Gasteiger partial charge in [0, 0.05) is 20.3 Å². The second-order valence-electron chi connectivity index (χ2n) is 4.32. The Bertz CT molecular complexity index is 436. The van der Waals surface area contributed by atoms with E-state index < -0.39 is 11.8 Å². The van der Waals surface area contributed by atoms with Gasteiger partial charge in [-0.2, -0.15) is 0 Å². The highest BCUT2D eigenvalue weighted by molar-refractivity contribution is 5.89. The van der Waals surface area contributed by atoms with Crippen molar-refractivity contribution >= 4 is 5.97 Å². The first-order chi connectivity index (χ1) is 10.2. The minimum absolute atomic E-state index is 0.0808. The average molecular weight is 300 g/mol. The first-order valence-corrected chi connectivity index (χ1v) is 6.70. The summed E-state index contributed by atoms with van der Waals surface area (Å²) >= 11 is 0. The van der Waals surface area contributed by atoms with Gasteiger partial charge in [-0.1, -0.05) is 6.07 Å². The number of halogens is 1. The van der Waals surface area contributed by atoms with Crippen molar-refractivity contribution in [1.82, 2.24) is 0 Å². The van der Waals surface area contributed by atoms with E-state index in [1.54, 1.807) is 13.2 Å². The number of carbonyl (C=O) groups excluding carboxylic acids is 1. The standard InChI is InChI=1S/C15H21FO5/c1-18-6-3-7-20-8-9-21-11-12-4-5-13(14(16)10-12)15(17)19-2/h4-5,10H,3,6-9,11H2,1-2H3. The highest BCUT2D eigenvalue weighted by atomic mass is 19.1. The Balaban J connectivity index is 2.24. The predicted octanol–water partition coefficient (Wildman–Crippen LogP) is 2.18. The zero-order chi connectivity index (χ0) is 15.5. The van der Waals surface area contributed by atoms with Gasteiger partial charge in [-0.3, -0.25) is 0 Å². The van der Waals surface area contributed by atoms with Crippen LogP contribution in [0.5, 0.6) is 0 Å². The minimum atomic E-state index is -0.690. The molecule has 0 saturated carbocycles. The Kier molecular flexibility index (Phi) is 8.57. The van der Waals surface area contributed by atoms with Crippen LogP contribution < -0.4 is 0 Å². The Morgan fingerprint density at radius 2 is 1.86 bits per heavy atom. The summed E-state index contributed by atoms with van der Waals surface area (Å²) in [6.45, 7) is 2.46. The number of benzene rings is 1. The van der Waals surface area contributed by atoms with E-state index in [1.807, 2.05) is 0 Å². The van der Waals surface area contributed by atoms with E-state index in [-0.39, 0.29) is 12.2 Å². The van der Waals surface area contributed by atoms with Crippen molar-refractivity contribution in [2.24, 2.45) is 0 Å². The van der Waals surface area contributed by atoms with Gasteiger partial charge in [-0.15, -0.1) is 0 Å². The highest BCUT2D eigenvalue weighted by Crippen LogP contribution is 2.12. The smallest absolute Gasteiger partial charge is 0.340 e. The number of carbonyl (C=O) groups is 1. The molecule has 0 bridgehead atoms. The van der Waals surface area contributed by atoms with Crippen LogP contribution in [0.25, 0.3) is 0 Å². The summed E-state index contributed by atoms with van der Waals surface area (Å²) in [5.41, 5.74) is 0.572. The van der Waals surface area contributed by atoms with Crippen LogP contribution in [-0.4, -0.2) is 46.6 Å². The molecule has 0 aliphatic rings. The van der Waals surface area contributed by atoms with Gasteiger partial charge in [0.05, 0.1) is 32.5 Å². The van der Waals surface area contributed by atoms with Gasteiger partial charge in [0.25, 0.3) is 0 Å². The molecule has 0 aliphatic heterocycles. The van der Waals surface area contributed by atoms with E-state index in [0.29, 0.717) is 32.0 Å². The molecule has 1 aromatic rings. The molecule has 0 aromatic heterocycles. The number of hydrogen-bond donors (Lipinski definition) is 0. The molecule has 5 nitrogen and oxygen atoms in total. The number of rotatable bonds is 10. The van der Waals surface area contributed by atoms with Crippen molar-refractivity contribution in [1.29, 1.82) is 0 Å². The van der Waals surface area contributed by atoms with Crippen molar-refractivity contribution in [2.75, 3.05) is 40.6 Å². The zero-order valence-corrected chi connectivity index (χ0v) is 12.4. The number of ether oxygens (including phenoxy) is 4. The first kappa shape index (κ1) is 17.6. The molecule has 0 amide bonds. The minimum Gasteiger partial charge on any atom is -0.465 e. The van der Waals surface area contributed by atoms with Crippen LogP contribution >= 0.6 is 0 Å². The lowest BCUT2D eigenvalue weighted by Crippen LogP contribution is -2.08. The summed E-state index contributed by atoms with van der Waals surface area (Å²) in [7, 11) is 2.86. The molecule has 6 heteroatoms. The topological polar surface area (TPSA) is 54.0 Å². The first-order valence-electron chi connectivity index (χ1n) is 6.70. The second kappa shape index (κ2) is 10.3. The van der Waals surface area contributed by atoms with Gasteiger partial charge in [0.2, 0.25) is 0 Å². The Labute approximate surface area is 123 Å². The maximum Gasteiger partial charge on any atom is 0.340 e. The van der Waals surface area contributed by atoms with Gasteiger partial charge in [0.15, 0.2) is 0 Å². The highest BCUT2D eigenvalue weighted by Gasteiger charge is 2.12. The summed E-state index contributed by atoms with van der Waals surface area (Å²) in [5, 5.41) is 0. The third-order valence-electron chi connectivity index (χ3n) is 2.72. The molecule has 0 unspecified atom stereocenters. The van der Waals surface area contributed by atoms with Crippen LogP contribution in [0.4, 0.5) is 4.39 Å². The van der Waals surface area contributed by atoms with E-state index in [0.717, 1.165) is 6.42 Å². The maximum atomic E-state index is 13.6. The summed E-state index contributed by atoms with van der Waals surface area (Å²) < 4.78 is 33.7. The van der Waals surface area contributed by atoms with Crippen LogP contribution in [0.15, 0.2) is 18.2 Å². The monoisotopic (exact) mass is 300 g/mol. The third-order valence-corrected chi connectivity index (χ3v) is 2.72. The predicted molar refractivity (Wildman–Crippen MR) is 74.7 cm³/mol. The fourth-order valence-corrected chi connectivity index (χ4v) is 1.64. The fraction of sp³-hybridized carbons (Fsp3) is 0.533. The fourth-order valence-electron chi connectivity index (χ4n) is 1.64. The van der Waals surface area contributed by atoms with Crippen LogP contribution in [0, 0.1) is 5.82 Å². The summed E-state index contributed by atoms with van der Waals surface area (Å²) in [6.07, 6.45) is 0.844. The molecule has 0 radical (unpaired) electrons. The summed E-state index contributed by atoms with van der Waals surface area (Å²) in [4.78, 5) is 11.2. The number of methoxy groups -OCH3 is 2. The summed E-state index contributed by atoms with van der Waals surface area (Å²) in [5.74, 6) is -1.30. The van der Waals surface area contributed by atoms with Gasteiger partial charge in [-0.05, 0) is 24.1 Å². The number of esters is 1. The lowest BCUT2D eigenvalue weighted by Gasteiger charge is -2.07.